The summed E-state index contributed by atoms with van der Waals surface area (Å²) in [5, 5.41) is 9.42. The van der Waals surface area contributed by atoms with Crippen molar-refractivity contribution < 1.29 is 9.52 Å². The van der Waals surface area contributed by atoms with Gasteiger partial charge in [0, 0.05) is 0 Å². The highest BCUT2D eigenvalue weighted by Crippen LogP contribution is 2.17. The molecular formula is C8H5NO4. The Morgan fingerprint density at radius 2 is 2.08 bits per heavy atom. The average molecular weight is 179 g/mol. The fraction of sp³-hybridized carbons (Fsp3) is 0. The van der Waals surface area contributed by atoms with E-state index in [9.17, 15) is 14.7 Å². The van der Waals surface area contributed by atoms with Crippen molar-refractivity contribution in [2.45, 2.75) is 0 Å². The van der Waals surface area contributed by atoms with Crippen molar-refractivity contribution in [3.63, 3.8) is 0 Å². The molecule has 66 valence electrons. The van der Waals surface area contributed by atoms with Crippen LogP contribution in [0, 0.1) is 0 Å². The van der Waals surface area contributed by atoms with Gasteiger partial charge in [0.25, 0.3) is 0 Å². The van der Waals surface area contributed by atoms with Crippen LogP contribution < -0.4 is 11.4 Å². The number of hydrogen-bond donors (Lipinski definition) is 2. The third-order valence-corrected chi connectivity index (χ3v) is 1.67. The monoisotopic (exact) mass is 179 g/mol. The molecule has 0 fully saturated rings. The van der Waals surface area contributed by atoms with Gasteiger partial charge in [-0.1, -0.05) is 6.07 Å². The number of benzene rings is 1. The van der Waals surface area contributed by atoms with Crippen LogP contribution in [0.3, 0.4) is 0 Å². The highest BCUT2D eigenvalue weighted by Gasteiger charge is 2.04. The maximum absolute atomic E-state index is 11.1. The first-order valence-electron chi connectivity index (χ1n) is 3.53. The number of phenolic OH excluding ortho intramolecular Hbond substituents is 1. The zero-order valence-electron chi connectivity index (χ0n) is 6.40. The maximum Gasteiger partial charge on any atom is 0.419 e. The van der Waals surface area contributed by atoms with Crippen LogP contribution in [0.5, 0.6) is 5.75 Å². The highest BCUT2D eigenvalue weighted by atomic mass is 16.4. The van der Waals surface area contributed by atoms with E-state index in [1.165, 1.54) is 18.2 Å². The lowest BCUT2D eigenvalue weighted by molar-refractivity contribution is 0.452. The number of nitrogens with one attached hydrogen (secondary N) is 1. The molecule has 0 aliphatic rings. The molecule has 5 heteroatoms. The van der Waals surface area contributed by atoms with E-state index >= 15 is 0 Å². The van der Waals surface area contributed by atoms with Crippen molar-refractivity contribution in [3.05, 3.63) is 39.2 Å². The number of aromatic nitrogens is 1. The van der Waals surface area contributed by atoms with Crippen LogP contribution in [0.1, 0.15) is 0 Å². The van der Waals surface area contributed by atoms with Gasteiger partial charge in [0.05, 0.1) is 5.39 Å². The van der Waals surface area contributed by atoms with Gasteiger partial charge >= 0.3 is 11.4 Å². The minimum absolute atomic E-state index is 0.101. The zero-order valence-corrected chi connectivity index (χ0v) is 6.40. The van der Waals surface area contributed by atoms with Crippen molar-refractivity contribution >= 4 is 10.9 Å². The number of hydrogen-bond acceptors (Lipinski definition) is 4. The molecule has 0 aliphatic heterocycles. The molecule has 13 heavy (non-hydrogen) atoms. The van der Waals surface area contributed by atoms with Gasteiger partial charge in [-0.15, -0.1) is 0 Å². The fourth-order valence-electron chi connectivity index (χ4n) is 1.11. The smallest absolute Gasteiger partial charge is 0.419 e. The van der Waals surface area contributed by atoms with Crippen LogP contribution in [-0.2, 0) is 0 Å². The number of phenols is 1. The van der Waals surface area contributed by atoms with Gasteiger partial charge in [-0.25, -0.2) is 9.59 Å². The summed E-state index contributed by atoms with van der Waals surface area (Å²) < 4.78 is 4.27. The minimum Gasteiger partial charge on any atom is -0.506 e. The van der Waals surface area contributed by atoms with E-state index in [-0.39, 0.29) is 16.7 Å². The molecule has 0 atom stereocenters. The lowest BCUT2D eigenvalue weighted by Gasteiger charge is -1.96. The van der Waals surface area contributed by atoms with Crippen LogP contribution in [0.4, 0.5) is 0 Å². The molecule has 1 aromatic heterocycles. The molecule has 0 aliphatic carbocycles. The van der Waals surface area contributed by atoms with E-state index in [1.807, 2.05) is 0 Å². The van der Waals surface area contributed by atoms with E-state index in [0.29, 0.717) is 0 Å². The quantitative estimate of drug-likeness (QED) is 0.604. The largest absolute Gasteiger partial charge is 0.506 e. The van der Waals surface area contributed by atoms with E-state index < -0.39 is 11.4 Å². The third-order valence-electron chi connectivity index (χ3n) is 1.67. The van der Waals surface area contributed by atoms with Crippen LogP contribution in [-0.4, -0.2) is 10.1 Å². The van der Waals surface area contributed by atoms with Crippen molar-refractivity contribution in [1.82, 2.24) is 4.98 Å². The van der Waals surface area contributed by atoms with Crippen molar-refractivity contribution in [2.75, 3.05) is 0 Å². The molecule has 0 unspecified atom stereocenters. The summed E-state index contributed by atoms with van der Waals surface area (Å²) >= 11 is 0. The maximum atomic E-state index is 11.1. The first-order chi connectivity index (χ1) is 6.18. The lowest BCUT2D eigenvalue weighted by Crippen LogP contribution is -2.14. The van der Waals surface area contributed by atoms with Gasteiger partial charge in [0.15, 0.2) is 0 Å². The van der Waals surface area contributed by atoms with Crippen LogP contribution in [0.2, 0.25) is 0 Å². The molecule has 0 radical (unpaired) electrons. The summed E-state index contributed by atoms with van der Waals surface area (Å²) in [5.41, 5.74) is -0.654. The third kappa shape index (κ3) is 1.10. The molecule has 2 rings (SSSR count). The molecule has 1 aromatic carbocycles. The van der Waals surface area contributed by atoms with Crippen molar-refractivity contribution in [2.24, 2.45) is 0 Å². The number of aromatic amines is 1. The van der Waals surface area contributed by atoms with Gasteiger partial charge in [-0.3, -0.25) is 4.98 Å². The molecule has 1 heterocycles. The van der Waals surface area contributed by atoms with Crippen LogP contribution in [0.25, 0.3) is 10.9 Å². The summed E-state index contributed by atoms with van der Waals surface area (Å²) in [6.07, 6.45) is 0. The Hall–Kier alpha value is -2.04. The Bertz CT molecular complexity index is 566. The van der Waals surface area contributed by atoms with Crippen LogP contribution >= 0.6 is 0 Å². The highest BCUT2D eigenvalue weighted by molar-refractivity contribution is 5.82. The Labute approximate surface area is 71.3 Å². The topological polar surface area (TPSA) is 83.3 Å². The van der Waals surface area contributed by atoms with Crippen molar-refractivity contribution in [1.29, 1.82) is 0 Å². The number of para-hydroxylation sites is 1. The van der Waals surface area contributed by atoms with E-state index in [0.717, 1.165) is 0 Å². The second kappa shape index (κ2) is 2.48. The Kier molecular flexibility index (Phi) is 1.45. The molecule has 2 N–H and O–H groups in total. The number of rotatable bonds is 0. The lowest BCUT2D eigenvalue weighted by atomic mass is 10.2. The zero-order chi connectivity index (χ0) is 9.42. The second-order valence-corrected chi connectivity index (χ2v) is 2.50. The SMILES string of the molecule is O=c1[nH]c2c(O)cccc2c(=O)o1. The summed E-state index contributed by atoms with van der Waals surface area (Å²) in [6, 6.07) is 4.32. The summed E-state index contributed by atoms with van der Waals surface area (Å²) in [6.45, 7) is 0. The van der Waals surface area contributed by atoms with Gasteiger partial charge in [0.1, 0.15) is 11.3 Å². The summed E-state index contributed by atoms with van der Waals surface area (Å²) in [7, 11) is 0. The predicted octanol–water partition coefficient (Wildman–Crippen LogP) is 0.187. The van der Waals surface area contributed by atoms with E-state index in [1.54, 1.807) is 0 Å². The molecule has 0 amide bonds. The number of H-pyrrole nitrogens is 1. The standard InChI is InChI=1S/C8H5NO4/c10-5-3-1-2-4-6(5)9-8(12)13-7(4)11/h1-3,10H,(H,9,12). The molecule has 2 aromatic rings. The van der Waals surface area contributed by atoms with Crippen LogP contribution in [0.15, 0.2) is 32.2 Å². The Morgan fingerprint density at radius 3 is 2.85 bits per heavy atom. The second-order valence-electron chi connectivity index (χ2n) is 2.50. The first-order valence-corrected chi connectivity index (χ1v) is 3.53. The van der Waals surface area contributed by atoms with Gasteiger partial charge in [0.2, 0.25) is 0 Å². The fourth-order valence-corrected chi connectivity index (χ4v) is 1.11. The molecular weight excluding hydrogens is 174 g/mol. The number of fused-ring (bicyclic) bond motifs is 1. The normalized spacial score (nSPS) is 10.5. The minimum atomic E-state index is -0.876. The van der Waals surface area contributed by atoms with Gasteiger partial charge in [-0.05, 0) is 12.1 Å². The van der Waals surface area contributed by atoms with Gasteiger partial charge < -0.3 is 9.52 Å². The van der Waals surface area contributed by atoms with Gasteiger partial charge in [-0.2, -0.15) is 0 Å². The molecule has 0 spiro atoms. The Morgan fingerprint density at radius 1 is 1.31 bits per heavy atom. The molecule has 5 nitrogen and oxygen atoms in total. The van der Waals surface area contributed by atoms with Crippen molar-refractivity contribution in [3.8, 4) is 5.75 Å². The van der Waals surface area contributed by atoms with E-state index in [2.05, 4.69) is 9.40 Å². The molecule has 0 saturated heterocycles. The molecule has 0 bridgehead atoms. The summed E-state index contributed by atoms with van der Waals surface area (Å²) in [4.78, 5) is 24.0. The Balaban J connectivity index is 3.12. The predicted molar refractivity (Wildman–Crippen MR) is 44.8 cm³/mol. The summed E-state index contributed by atoms with van der Waals surface area (Å²) in [5.74, 6) is -1.03. The molecule has 0 saturated carbocycles. The first kappa shape index (κ1) is 7.60. The van der Waals surface area contributed by atoms with E-state index in [4.69, 9.17) is 0 Å². The number of aromatic hydroxyl groups is 1. The average Bonchev–Trinajstić information content (AvgIpc) is 2.07.